The average Bonchev–Trinajstić information content (AvgIpc) is 2.61. The van der Waals surface area contributed by atoms with Crippen molar-refractivity contribution in [2.45, 2.75) is 13.0 Å². The number of piperazine rings is 1. The number of hydrogen-bond acceptors (Lipinski definition) is 3. The SMILES string of the molecule is O=C(O)c1ccc(CCN2CCN(Cc3cccc(Cl)c3)CC2)cc1. The van der Waals surface area contributed by atoms with Crippen molar-refractivity contribution in [2.24, 2.45) is 0 Å². The fourth-order valence-electron chi connectivity index (χ4n) is 3.17. The van der Waals surface area contributed by atoms with Crippen LogP contribution in [-0.2, 0) is 13.0 Å². The van der Waals surface area contributed by atoms with Gasteiger partial charge in [-0.25, -0.2) is 4.79 Å². The molecule has 1 heterocycles. The second kappa shape index (κ2) is 8.48. The van der Waals surface area contributed by atoms with Crippen LogP contribution in [0.1, 0.15) is 21.5 Å². The molecule has 0 aliphatic carbocycles. The third-order valence-electron chi connectivity index (χ3n) is 4.68. The third-order valence-corrected chi connectivity index (χ3v) is 4.91. The topological polar surface area (TPSA) is 43.8 Å². The van der Waals surface area contributed by atoms with Gasteiger partial charge in [-0.2, -0.15) is 0 Å². The molecule has 0 spiro atoms. The molecule has 0 unspecified atom stereocenters. The summed E-state index contributed by atoms with van der Waals surface area (Å²) in [6.07, 6.45) is 0.953. The Labute approximate surface area is 153 Å². The van der Waals surface area contributed by atoms with Crippen molar-refractivity contribution < 1.29 is 9.90 Å². The number of aromatic carboxylic acids is 1. The molecule has 0 amide bonds. The smallest absolute Gasteiger partial charge is 0.335 e. The van der Waals surface area contributed by atoms with Crippen LogP contribution in [-0.4, -0.2) is 53.6 Å². The van der Waals surface area contributed by atoms with Crippen LogP contribution in [0.3, 0.4) is 0 Å². The van der Waals surface area contributed by atoms with E-state index in [1.165, 1.54) is 11.1 Å². The molecule has 2 aromatic rings. The zero-order chi connectivity index (χ0) is 17.6. The molecule has 1 aliphatic heterocycles. The van der Waals surface area contributed by atoms with Gasteiger partial charge < -0.3 is 10.0 Å². The monoisotopic (exact) mass is 358 g/mol. The van der Waals surface area contributed by atoms with Gasteiger partial charge in [0.25, 0.3) is 0 Å². The van der Waals surface area contributed by atoms with Gasteiger partial charge in [0.2, 0.25) is 0 Å². The second-order valence-electron chi connectivity index (χ2n) is 6.50. The predicted molar refractivity (Wildman–Crippen MR) is 100 cm³/mol. The van der Waals surface area contributed by atoms with Crippen molar-refractivity contribution in [1.82, 2.24) is 9.80 Å². The Hall–Kier alpha value is -1.88. The average molecular weight is 359 g/mol. The highest BCUT2D eigenvalue weighted by molar-refractivity contribution is 6.30. The van der Waals surface area contributed by atoms with Crippen LogP contribution in [0.5, 0.6) is 0 Å². The number of halogens is 1. The molecule has 1 fully saturated rings. The highest BCUT2D eigenvalue weighted by Gasteiger charge is 2.16. The van der Waals surface area contributed by atoms with Crippen molar-refractivity contribution in [3.63, 3.8) is 0 Å². The largest absolute Gasteiger partial charge is 0.478 e. The van der Waals surface area contributed by atoms with Gasteiger partial charge in [0, 0.05) is 44.3 Å². The molecule has 0 radical (unpaired) electrons. The van der Waals surface area contributed by atoms with Gasteiger partial charge in [0.1, 0.15) is 0 Å². The lowest BCUT2D eigenvalue weighted by molar-refractivity contribution is 0.0697. The number of hydrogen-bond donors (Lipinski definition) is 1. The van der Waals surface area contributed by atoms with E-state index in [1.807, 2.05) is 30.3 Å². The second-order valence-corrected chi connectivity index (χ2v) is 6.94. The van der Waals surface area contributed by atoms with E-state index in [0.29, 0.717) is 5.56 Å². The quantitative estimate of drug-likeness (QED) is 0.859. The third kappa shape index (κ3) is 5.30. The van der Waals surface area contributed by atoms with Crippen molar-refractivity contribution in [2.75, 3.05) is 32.7 Å². The number of nitrogens with zero attached hydrogens (tertiary/aromatic N) is 2. The summed E-state index contributed by atoms with van der Waals surface area (Å²) in [5.41, 5.74) is 2.80. The van der Waals surface area contributed by atoms with Crippen molar-refractivity contribution >= 4 is 17.6 Å². The van der Waals surface area contributed by atoms with Crippen LogP contribution in [0.25, 0.3) is 0 Å². The summed E-state index contributed by atoms with van der Waals surface area (Å²) in [5, 5.41) is 9.73. The number of carboxylic acid groups (broad SMARTS) is 1. The zero-order valence-corrected chi connectivity index (χ0v) is 15.0. The van der Waals surface area contributed by atoms with E-state index in [-0.39, 0.29) is 0 Å². The molecule has 0 saturated carbocycles. The fourth-order valence-corrected chi connectivity index (χ4v) is 3.38. The van der Waals surface area contributed by atoms with Crippen LogP contribution in [0.2, 0.25) is 5.02 Å². The Morgan fingerprint density at radius 2 is 1.64 bits per heavy atom. The molecule has 132 valence electrons. The Bertz CT molecular complexity index is 710. The maximum atomic E-state index is 10.9. The van der Waals surface area contributed by atoms with Gasteiger partial charge in [-0.15, -0.1) is 0 Å². The normalized spacial score (nSPS) is 16.0. The molecule has 25 heavy (non-hydrogen) atoms. The Morgan fingerprint density at radius 1 is 0.960 bits per heavy atom. The van der Waals surface area contributed by atoms with E-state index in [1.54, 1.807) is 12.1 Å². The van der Waals surface area contributed by atoms with Crippen LogP contribution in [0.15, 0.2) is 48.5 Å². The lowest BCUT2D eigenvalue weighted by Crippen LogP contribution is -2.46. The highest BCUT2D eigenvalue weighted by atomic mass is 35.5. The van der Waals surface area contributed by atoms with E-state index in [9.17, 15) is 4.79 Å². The molecule has 1 saturated heterocycles. The molecule has 0 aromatic heterocycles. The standard InChI is InChI=1S/C20H23ClN2O2/c21-19-3-1-2-17(14-19)15-23-12-10-22(11-13-23)9-8-16-4-6-18(7-5-16)20(24)25/h1-7,14H,8-13,15H2,(H,24,25). The van der Waals surface area contributed by atoms with Gasteiger partial charge in [0.15, 0.2) is 0 Å². The summed E-state index contributed by atoms with van der Waals surface area (Å²) < 4.78 is 0. The van der Waals surface area contributed by atoms with Gasteiger partial charge in [-0.3, -0.25) is 4.90 Å². The lowest BCUT2D eigenvalue weighted by atomic mass is 10.1. The highest BCUT2D eigenvalue weighted by Crippen LogP contribution is 2.14. The Balaban J connectivity index is 1.42. The summed E-state index contributed by atoms with van der Waals surface area (Å²) in [5.74, 6) is -0.873. The van der Waals surface area contributed by atoms with Crippen LogP contribution in [0, 0.1) is 0 Å². The summed E-state index contributed by atoms with van der Waals surface area (Å²) in [7, 11) is 0. The van der Waals surface area contributed by atoms with Crippen LogP contribution in [0.4, 0.5) is 0 Å². The maximum absolute atomic E-state index is 10.9. The molecule has 0 atom stereocenters. The number of benzene rings is 2. The van der Waals surface area contributed by atoms with Crippen LogP contribution >= 0.6 is 11.6 Å². The van der Waals surface area contributed by atoms with Crippen LogP contribution < -0.4 is 0 Å². The summed E-state index contributed by atoms with van der Waals surface area (Å²) in [6.45, 7) is 6.21. The van der Waals surface area contributed by atoms with Crippen molar-refractivity contribution in [3.8, 4) is 0 Å². The first-order valence-corrected chi connectivity index (χ1v) is 8.99. The zero-order valence-electron chi connectivity index (χ0n) is 14.2. The summed E-state index contributed by atoms with van der Waals surface area (Å²) in [4.78, 5) is 15.8. The predicted octanol–water partition coefficient (Wildman–Crippen LogP) is 3.40. The Morgan fingerprint density at radius 3 is 2.28 bits per heavy atom. The van der Waals surface area contributed by atoms with E-state index in [2.05, 4.69) is 15.9 Å². The van der Waals surface area contributed by atoms with E-state index < -0.39 is 5.97 Å². The first kappa shape index (κ1) is 17.9. The minimum absolute atomic E-state index is 0.346. The molecule has 1 N–H and O–H groups in total. The van der Waals surface area contributed by atoms with Crippen molar-refractivity contribution in [1.29, 1.82) is 0 Å². The minimum Gasteiger partial charge on any atom is -0.478 e. The van der Waals surface area contributed by atoms with Gasteiger partial charge >= 0.3 is 5.97 Å². The number of carbonyl (C=O) groups is 1. The molecule has 0 bridgehead atoms. The maximum Gasteiger partial charge on any atom is 0.335 e. The molecular weight excluding hydrogens is 336 g/mol. The Kier molecular flexibility index (Phi) is 6.08. The molecule has 3 rings (SSSR count). The van der Waals surface area contributed by atoms with Gasteiger partial charge in [0.05, 0.1) is 5.56 Å². The minimum atomic E-state index is -0.873. The summed E-state index contributed by atoms with van der Waals surface area (Å²) >= 11 is 6.05. The number of carboxylic acids is 1. The molecule has 4 nitrogen and oxygen atoms in total. The number of rotatable bonds is 6. The van der Waals surface area contributed by atoms with E-state index in [0.717, 1.165) is 50.7 Å². The van der Waals surface area contributed by atoms with Gasteiger partial charge in [-0.05, 0) is 41.8 Å². The summed E-state index contributed by atoms with van der Waals surface area (Å²) in [6, 6.07) is 15.3. The van der Waals surface area contributed by atoms with E-state index >= 15 is 0 Å². The first-order chi connectivity index (χ1) is 12.1. The molecule has 2 aromatic carbocycles. The fraction of sp³-hybridized carbons (Fsp3) is 0.350. The van der Waals surface area contributed by atoms with E-state index in [4.69, 9.17) is 16.7 Å². The lowest BCUT2D eigenvalue weighted by Gasteiger charge is -2.34. The molecular formula is C20H23ClN2O2. The molecule has 1 aliphatic rings. The molecule has 5 heteroatoms. The van der Waals surface area contributed by atoms with Gasteiger partial charge in [-0.1, -0.05) is 35.9 Å². The first-order valence-electron chi connectivity index (χ1n) is 8.61. The van der Waals surface area contributed by atoms with Crippen molar-refractivity contribution in [3.05, 3.63) is 70.2 Å².